The van der Waals surface area contributed by atoms with Gasteiger partial charge in [0.2, 0.25) is 5.91 Å². The Morgan fingerprint density at radius 3 is 2.87 bits per heavy atom. The fourth-order valence-electron chi connectivity index (χ4n) is 2.43. The molecule has 0 fully saturated rings. The van der Waals surface area contributed by atoms with Gasteiger partial charge in [0.15, 0.2) is 0 Å². The molecule has 2 heterocycles. The molecule has 0 saturated heterocycles. The molecule has 2 N–H and O–H groups in total. The zero-order valence-corrected chi connectivity index (χ0v) is 12.9. The van der Waals surface area contributed by atoms with Crippen LogP contribution in [-0.4, -0.2) is 21.6 Å². The van der Waals surface area contributed by atoms with Crippen LogP contribution in [0.2, 0.25) is 0 Å². The maximum atomic E-state index is 14.1. The van der Waals surface area contributed by atoms with Gasteiger partial charge in [0, 0.05) is 24.3 Å². The number of benzene rings is 1. The highest BCUT2D eigenvalue weighted by atomic mass is 19.1. The minimum absolute atomic E-state index is 0.0993. The average Bonchev–Trinajstić information content (AvgIpc) is 2.98. The van der Waals surface area contributed by atoms with Crippen molar-refractivity contribution in [3.8, 4) is 0 Å². The highest BCUT2D eigenvalue weighted by Crippen LogP contribution is 2.28. The highest BCUT2D eigenvalue weighted by molar-refractivity contribution is 6.04. The summed E-state index contributed by atoms with van der Waals surface area (Å²) in [5.41, 5.74) is 1.73. The number of carbonyl (C=O) groups is 2. The van der Waals surface area contributed by atoms with Gasteiger partial charge < -0.3 is 10.6 Å². The molecule has 1 aliphatic rings. The maximum Gasteiger partial charge on any atom is 0.258 e. The number of fused-ring (bicyclic) bond motifs is 1. The van der Waals surface area contributed by atoms with Crippen molar-refractivity contribution in [2.45, 2.75) is 32.7 Å². The maximum absolute atomic E-state index is 14.1. The summed E-state index contributed by atoms with van der Waals surface area (Å²) in [7, 11) is 0. The van der Waals surface area contributed by atoms with E-state index in [1.54, 1.807) is 16.9 Å². The van der Waals surface area contributed by atoms with E-state index in [1.807, 2.05) is 13.8 Å². The van der Waals surface area contributed by atoms with Gasteiger partial charge in [-0.3, -0.25) is 14.3 Å². The molecule has 2 aromatic rings. The SMILES string of the molecule is CC(C)n1cc(C(=O)Nc2cc3c(cc2F)NC(=O)CC3)cn1. The number of amides is 2. The van der Waals surface area contributed by atoms with E-state index in [9.17, 15) is 14.0 Å². The minimum Gasteiger partial charge on any atom is -0.326 e. The van der Waals surface area contributed by atoms with Gasteiger partial charge in [0.05, 0.1) is 17.4 Å². The van der Waals surface area contributed by atoms with Gasteiger partial charge >= 0.3 is 0 Å². The van der Waals surface area contributed by atoms with Crippen molar-refractivity contribution >= 4 is 23.2 Å². The Bertz CT molecular complexity index is 782. The van der Waals surface area contributed by atoms with E-state index >= 15 is 0 Å². The smallest absolute Gasteiger partial charge is 0.258 e. The lowest BCUT2D eigenvalue weighted by atomic mass is 10.0. The largest absolute Gasteiger partial charge is 0.326 e. The van der Waals surface area contributed by atoms with Crippen LogP contribution in [0.3, 0.4) is 0 Å². The second kappa shape index (κ2) is 5.83. The number of aromatic nitrogens is 2. The van der Waals surface area contributed by atoms with E-state index in [0.29, 0.717) is 24.1 Å². The number of nitrogens with one attached hydrogen (secondary N) is 2. The number of halogens is 1. The van der Waals surface area contributed by atoms with Crippen molar-refractivity contribution in [2.24, 2.45) is 0 Å². The first-order chi connectivity index (χ1) is 10.9. The number of carbonyl (C=O) groups excluding carboxylic acids is 2. The Morgan fingerprint density at radius 1 is 1.39 bits per heavy atom. The van der Waals surface area contributed by atoms with Crippen LogP contribution in [0.15, 0.2) is 24.5 Å². The van der Waals surface area contributed by atoms with Crippen molar-refractivity contribution in [1.82, 2.24) is 9.78 Å². The lowest BCUT2D eigenvalue weighted by molar-refractivity contribution is -0.116. The van der Waals surface area contributed by atoms with E-state index in [-0.39, 0.29) is 17.6 Å². The zero-order valence-electron chi connectivity index (χ0n) is 12.9. The second-order valence-electron chi connectivity index (χ2n) is 5.79. The molecule has 23 heavy (non-hydrogen) atoms. The molecule has 1 aliphatic heterocycles. The van der Waals surface area contributed by atoms with Crippen LogP contribution in [0.1, 0.15) is 42.2 Å². The van der Waals surface area contributed by atoms with Crippen molar-refractivity contribution in [3.63, 3.8) is 0 Å². The summed E-state index contributed by atoms with van der Waals surface area (Å²) >= 11 is 0. The molecule has 2 amide bonds. The second-order valence-corrected chi connectivity index (χ2v) is 5.79. The molecule has 0 radical (unpaired) electrons. The van der Waals surface area contributed by atoms with Gasteiger partial charge in [-0.1, -0.05) is 0 Å². The third-order valence-electron chi connectivity index (χ3n) is 3.73. The van der Waals surface area contributed by atoms with Gasteiger partial charge in [-0.15, -0.1) is 0 Å². The number of nitrogens with zero attached hydrogens (tertiary/aromatic N) is 2. The summed E-state index contributed by atoms with van der Waals surface area (Å²) in [5, 5.41) is 9.28. The van der Waals surface area contributed by atoms with Crippen molar-refractivity contribution < 1.29 is 14.0 Å². The summed E-state index contributed by atoms with van der Waals surface area (Å²) in [6.07, 6.45) is 3.95. The molecule has 7 heteroatoms. The van der Waals surface area contributed by atoms with Crippen LogP contribution in [0.25, 0.3) is 0 Å². The molecule has 0 unspecified atom stereocenters. The Balaban J connectivity index is 1.82. The summed E-state index contributed by atoms with van der Waals surface area (Å²) in [6.45, 7) is 3.90. The average molecular weight is 316 g/mol. The Hall–Kier alpha value is -2.70. The first kappa shape index (κ1) is 15.2. The lowest BCUT2D eigenvalue weighted by Gasteiger charge is -2.18. The zero-order chi connectivity index (χ0) is 16.6. The molecule has 6 nitrogen and oxygen atoms in total. The van der Waals surface area contributed by atoms with Gasteiger partial charge in [-0.05, 0) is 38.0 Å². The molecular formula is C16H17FN4O2. The predicted molar refractivity (Wildman–Crippen MR) is 83.9 cm³/mol. The van der Waals surface area contributed by atoms with E-state index < -0.39 is 11.7 Å². The van der Waals surface area contributed by atoms with E-state index in [2.05, 4.69) is 15.7 Å². The van der Waals surface area contributed by atoms with Crippen LogP contribution in [-0.2, 0) is 11.2 Å². The number of hydrogen-bond donors (Lipinski definition) is 2. The van der Waals surface area contributed by atoms with Gasteiger partial charge in [0.25, 0.3) is 5.91 Å². The molecule has 3 rings (SSSR count). The van der Waals surface area contributed by atoms with Crippen molar-refractivity contribution in [2.75, 3.05) is 10.6 Å². The fourth-order valence-corrected chi connectivity index (χ4v) is 2.43. The molecule has 0 spiro atoms. The molecule has 1 aromatic heterocycles. The quantitative estimate of drug-likeness (QED) is 0.914. The molecule has 120 valence electrons. The number of aryl methyl sites for hydroxylation is 1. The molecular weight excluding hydrogens is 299 g/mol. The first-order valence-corrected chi connectivity index (χ1v) is 7.42. The van der Waals surface area contributed by atoms with Crippen LogP contribution >= 0.6 is 0 Å². The van der Waals surface area contributed by atoms with Crippen LogP contribution in [0.4, 0.5) is 15.8 Å². The third-order valence-corrected chi connectivity index (χ3v) is 3.73. The van der Waals surface area contributed by atoms with Crippen LogP contribution in [0, 0.1) is 5.82 Å². The number of rotatable bonds is 3. The predicted octanol–water partition coefficient (Wildman–Crippen LogP) is 2.74. The van der Waals surface area contributed by atoms with Crippen molar-refractivity contribution in [1.29, 1.82) is 0 Å². The molecule has 0 bridgehead atoms. The topological polar surface area (TPSA) is 76.0 Å². The van der Waals surface area contributed by atoms with E-state index in [1.165, 1.54) is 12.3 Å². The summed E-state index contributed by atoms with van der Waals surface area (Å²) in [6, 6.07) is 2.94. The standard InChI is InChI=1S/C16H17FN4O2/c1-9(2)21-8-11(7-18-21)16(23)20-14-5-10-3-4-15(22)19-13(10)6-12(14)17/h5-9H,3-4H2,1-2H3,(H,19,22)(H,20,23). The summed E-state index contributed by atoms with van der Waals surface area (Å²) < 4.78 is 15.8. The van der Waals surface area contributed by atoms with Crippen LogP contribution in [0.5, 0.6) is 0 Å². The molecule has 0 aliphatic carbocycles. The monoisotopic (exact) mass is 316 g/mol. The highest BCUT2D eigenvalue weighted by Gasteiger charge is 2.19. The Morgan fingerprint density at radius 2 is 2.17 bits per heavy atom. The van der Waals surface area contributed by atoms with E-state index in [0.717, 1.165) is 5.56 Å². The molecule has 0 atom stereocenters. The third kappa shape index (κ3) is 3.08. The number of hydrogen-bond acceptors (Lipinski definition) is 3. The Labute approximate surface area is 132 Å². The normalized spacial score (nSPS) is 13.7. The van der Waals surface area contributed by atoms with Gasteiger partial charge in [-0.25, -0.2) is 4.39 Å². The van der Waals surface area contributed by atoms with Crippen molar-refractivity contribution in [3.05, 3.63) is 41.5 Å². The molecule has 1 aromatic carbocycles. The number of anilines is 2. The van der Waals surface area contributed by atoms with E-state index in [4.69, 9.17) is 0 Å². The minimum atomic E-state index is -0.587. The fraction of sp³-hybridized carbons (Fsp3) is 0.312. The Kier molecular flexibility index (Phi) is 3.85. The molecule has 0 saturated carbocycles. The van der Waals surface area contributed by atoms with Gasteiger partial charge in [-0.2, -0.15) is 5.10 Å². The van der Waals surface area contributed by atoms with Crippen LogP contribution < -0.4 is 10.6 Å². The van der Waals surface area contributed by atoms with Gasteiger partial charge in [0.1, 0.15) is 5.82 Å². The summed E-state index contributed by atoms with van der Waals surface area (Å²) in [4.78, 5) is 23.6. The first-order valence-electron chi connectivity index (χ1n) is 7.42. The summed E-state index contributed by atoms with van der Waals surface area (Å²) in [5.74, 6) is -1.14. The lowest BCUT2D eigenvalue weighted by Crippen LogP contribution is -2.20.